The van der Waals surface area contributed by atoms with Crippen LogP contribution in [0.1, 0.15) is 23.2 Å². The molecule has 1 aliphatic heterocycles. The van der Waals surface area contributed by atoms with E-state index < -0.39 is 0 Å². The van der Waals surface area contributed by atoms with E-state index in [0.717, 1.165) is 51.1 Å². The number of aromatic nitrogens is 2. The van der Waals surface area contributed by atoms with E-state index >= 15 is 0 Å². The second-order valence-corrected chi connectivity index (χ2v) is 5.41. The summed E-state index contributed by atoms with van der Waals surface area (Å²) in [5, 5.41) is 6.91. The lowest BCUT2D eigenvalue weighted by atomic mass is 10.1. The predicted molar refractivity (Wildman–Crippen MR) is 100 cm³/mol. The van der Waals surface area contributed by atoms with Gasteiger partial charge in [0, 0.05) is 25.1 Å². The van der Waals surface area contributed by atoms with E-state index in [4.69, 9.17) is 0 Å². The van der Waals surface area contributed by atoms with Gasteiger partial charge in [0.15, 0.2) is 0 Å². The Morgan fingerprint density at radius 2 is 1.78 bits per heavy atom. The van der Waals surface area contributed by atoms with Gasteiger partial charge < -0.3 is 10.6 Å². The van der Waals surface area contributed by atoms with Crippen molar-refractivity contribution in [2.24, 2.45) is 0 Å². The molecular weight excluding hydrogens is 331 g/mol. The number of nitrogens with one attached hydrogen (secondary N) is 2. The molecule has 23 heavy (non-hydrogen) atoms. The molecule has 0 saturated carbocycles. The molecule has 0 amide bonds. The van der Waals surface area contributed by atoms with Crippen LogP contribution in [0.5, 0.6) is 0 Å². The van der Waals surface area contributed by atoms with E-state index in [9.17, 15) is 0 Å². The summed E-state index contributed by atoms with van der Waals surface area (Å²) in [6.07, 6.45) is 5.90. The first-order valence-electron chi connectivity index (χ1n) is 7.75. The van der Waals surface area contributed by atoms with Crippen molar-refractivity contribution in [3.05, 3.63) is 53.5 Å². The molecule has 0 unspecified atom stereocenters. The number of aryl methyl sites for hydroxylation is 1. The van der Waals surface area contributed by atoms with Crippen LogP contribution in [0.3, 0.4) is 0 Å². The number of hydrogen-bond acceptors (Lipinski definition) is 4. The van der Waals surface area contributed by atoms with Crippen molar-refractivity contribution >= 4 is 30.6 Å². The third kappa shape index (κ3) is 5.65. The van der Waals surface area contributed by atoms with Gasteiger partial charge in [-0.1, -0.05) is 30.3 Å². The summed E-state index contributed by atoms with van der Waals surface area (Å²) < 4.78 is 0. The first-order chi connectivity index (χ1) is 10.4. The highest BCUT2D eigenvalue weighted by atomic mass is 35.5. The Balaban J connectivity index is 0.00000132. The number of nitrogens with zero attached hydrogens (tertiary/aromatic N) is 2. The predicted octanol–water partition coefficient (Wildman–Crippen LogP) is 3.05. The fraction of sp³-hybridized carbons (Fsp3) is 0.412. The van der Waals surface area contributed by atoms with Crippen LogP contribution in [0.25, 0.3) is 0 Å². The van der Waals surface area contributed by atoms with Crippen LogP contribution in [-0.2, 0) is 19.3 Å². The quantitative estimate of drug-likeness (QED) is 0.810. The smallest absolute Gasteiger partial charge is 0.132 e. The Labute approximate surface area is 150 Å². The maximum atomic E-state index is 4.43. The molecule has 3 rings (SSSR count). The van der Waals surface area contributed by atoms with Crippen molar-refractivity contribution in [2.45, 2.75) is 25.7 Å². The van der Waals surface area contributed by atoms with Crippen LogP contribution in [-0.4, -0.2) is 29.6 Å². The lowest BCUT2D eigenvalue weighted by Gasteiger charge is -2.12. The van der Waals surface area contributed by atoms with Gasteiger partial charge in [-0.25, -0.2) is 9.97 Å². The number of fused-ring (bicyclic) bond motifs is 1. The van der Waals surface area contributed by atoms with Crippen molar-refractivity contribution in [1.82, 2.24) is 15.3 Å². The summed E-state index contributed by atoms with van der Waals surface area (Å²) in [5.74, 6) is 1.02. The van der Waals surface area contributed by atoms with Gasteiger partial charge in [-0.05, 0) is 31.4 Å². The molecule has 2 N–H and O–H groups in total. The van der Waals surface area contributed by atoms with Crippen LogP contribution in [0.15, 0.2) is 36.7 Å². The van der Waals surface area contributed by atoms with Crippen molar-refractivity contribution in [3.8, 4) is 0 Å². The minimum absolute atomic E-state index is 0. The van der Waals surface area contributed by atoms with E-state index in [1.165, 1.54) is 16.8 Å². The standard InChI is InChI=1S/C17H22N4.2ClH/c1-2-5-14(6-3-1)7-4-10-19-17-15-8-11-18-12-9-16(15)20-13-21-17;;/h1-3,5-6,13,18H,4,7-12H2,(H,19,20,21);2*1H. The Bertz CT molecular complexity index is 578. The molecule has 0 aliphatic carbocycles. The van der Waals surface area contributed by atoms with Crippen molar-refractivity contribution < 1.29 is 0 Å². The molecule has 1 aliphatic rings. The highest BCUT2D eigenvalue weighted by Crippen LogP contribution is 2.18. The minimum Gasteiger partial charge on any atom is -0.370 e. The second-order valence-electron chi connectivity index (χ2n) is 5.41. The van der Waals surface area contributed by atoms with Gasteiger partial charge in [0.25, 0.3) is 0 Å². The van der Waals surface area contributed by atoms with Gasteiger partial charge >= 0.3 is 0 Å². The van der Waals surface area contributed by atoms with Crippen LogP contribution in [0.2, 0.25) is 0 Å². The van der Waals surface area contributed by atoms with Gasteiger partial charge in [-0.2, -0.15) is 0 Å². The van der Waals surface area contributed by atoms with Gasteiger partial charge in [0.2, 0.25) is 0 Å². The first-order valence-corrected chi connectivity index (χ1v) is 7.75. The minimum atomic E-state index is 0. The molecule has 2 heterocycles. The van der Waals surface area contributed by atoms with Crippen LogP contribution >= 0.6 is 24.8 Å². The van der Waals surface area contributed by atoms with Crippen LogP contribution < -0.4 is 10.6 Å². The van der Waals surface area contributed by atoms with Crippen molar-refractivity contribution in [3.63, 3.8) is 0 Å². The Hall–Kier alpha value is -1.36. The maximum Gasteiger partial charge on any atom is 0.132 e. The average Bonchev–Trinajstić information content (AvgIpc) is 2.78. The summed E-state index contributed by atoms with van der Waals surface area (Å²) >= 11 is 0. The van der Waals surface area contributed by atoms with Crippen molar-refractivity contribution in [1.29, 1.82) is 0 Å². The van der Waals surface area contributed by atoms with E-state index in [1.54, 1.807) is 6.33 Å². The Morgan fingerprint density at radius 1 is 1.00 bits per heavy atom. The molecule has 6 heteroatoms. The van der Waals surface area contributed by atoms with E-state index in [2.05, 4.69) is 50.9 Å². The highest BCUT2D eigenvalue weighted by Gasteiger charge is 2.13. The van der Waals surface area contributed by atoms with Crippen molar-refractivity contribution in [2.75, 3.05) is 25.0 Å². The third-order valence-corrected chi connectivity index (χ3v) is 3.90. The zero-order valence-corrected chi connectivity index (χ0v) is 14.8. The number of benzene rings is 1. The molecule has 0 bridgehead atoms. The maximum absolute atomic E-state index is 4.43. The highest BCUT2D eigenvalue weighted by molar-refractivity contribution is 5.85. The zero-order valence-electron chi connectivity index (χ0n) is 13.1. The summed E-state index contributed by atoms with van der Waals surface area (Å²) in [6.45, 7) is 2.97. The normalized spacial score (nSPS) is 13.0. The summed E-state index contributed by atoms with van der Waals surface area (Å²) in [4.78, 5) is 8.85. The fourth-order valence-corrected chi connectivity index (χ4v) is 2.77. The molecule has 2 aromatic rings. The lowest BCUT2D eigenvalue weighted by Crippen LogP contribution is -2.16. The molecular formula is C17H24Cl2N4. The first kappa shape index (κ1) is 19.7. The monoisotopic (exact) mass is 354 g/mol. The molecule has 1 aromatic carbocycles. The molecule has 0 fully saturated rings. The molecule has 1 aromatic heterocycles. The van der Waals surface area contributed by atoms with Crippen LogP contribution in [0, 0.1) is 0 Å². The van der Waals surface area contributed by atoms with Gasteiger partial charge in [-0.3, -0.25) is 0 Å². The summed E-state index contributed by atoms with van der Waals surface area (Å²) in [6, 6.07) is 10.6. The molecule has 0 spiro atoms. The summed E-state index contributed by atoms with van der Waals surface area (Å²) in [5.41, 5.74) is 3.88. The number of hydrogen-bond donors (Lipinski definition) is 2. The topological polar surface area (TPSA) is 49.8 Å². The lowest BCUT2D eigenvalue weighted by molar-refractivity contribution is 0.708. The zero-order chi connectivity index (χ0) is 14.3. The van der Waals surface area contributed by atoms with E-state index in [0.29, 0.717) is 0 Å². The SMILES string of the molecule is Cl.Cl.c1ccc(CCCNc2ncnc3c2CCNCC3)cc1. The number of anilines is 1. The molecule has 0 saturated heterocycles. The van der Waals surface area contributed by atoms with Gasteiger partial charge in [0.05, 0.1) is 5.69 Å². The van der Waals surface area contributed by atoms with E-state index in [-0.39, 0.29) is 24.8 Å². The molecule has 4 nitrogen and oxygen atoms in total. The number of halogens is 2. The van der Waals surface area contributed by atoms with Gasteiger partial charge in [-0.15, -0.1) is 24.8 Å². The largest absolute Gasteiger partial charge is 0.370 e. The second kappa shape index (κ2) is 10.4. The summed E-state index contributed by atoms with van der Waals surface area (Å²) in [7, 11) is 0. The average molecular weight is 355 g/mol. The molecule has 0 radical (unpaired) electrons. The van der Waals surface area contributed by atoms with Gasteiger partial charge in [0.1, 0.15) is 12.1 Å². The fourth-order valence-electron chi connectivity index (χ4n) is 2.77. The Kier molecular flexibility index (Phi) is 8.92. The molecule has 126 valence electrons. The van der Waals surface area contributed by atoms with Crippen LogP contribution in [0.4, 0.5) is 5.82 Å². The Morgan fingerprint density at radius 3 is 2.61 bits per heavy atom. The third-order valence-electron chi connectivity index (χ3n) is 3.90. The number of rotatable bonds is 5. The molecule has 0 atom stereocenters. The van der Waals surface area contributed by atoms with E-state index in [1.807, 2.05) is 0 Å².